The van der Waals surface area contributed by atoms with Crippen LogP contribution in [-0.4, -0.2) is 31.7 Å². The van der Waals surface area contributed by atoms with Crippen LogP contribution in [0.3, 0.4) is 0 Å². The molecule has 0 radical (unpaired) electrons. The molecule has 4 aromatic rings. The maximum absolute atomic E-state index is 12.9. The molecule has 0 fully saturated rings. The summed E-state index contributed by atoms with van der Waals surface area (Å²) < 4.78 is 13.9. The molecule has 3 heterocycles. The fourth-order valence-electron chi connectivity index (χ4n) is 3.52. The molecule has 0 unspecified atom stereocenters. The maximum Gasteiger partial charge on any atom is 0.300 e. The van der Waals surface area contributed by atoms with E-state index in [9.17, 15) is 9.59 Å². The molecule has 0 aliphatic heterocycles. The highest BCUT2D eigenvalue weighted by Crippen LogP contribution is 2.15. The molecule has 0 aliphatic carbocycles. The van der Waals surface area contributed by atoms with Gasteiger partial charge >= 0.3 is 5.56 Å². The molecule has 9 heteroatoms. The number of carbonyl (C=O) groups excluding carboxylic acids is 1. The number of nitrogens with zero attached hydrogens (tertiary/aromatic N) is 4. The molecule has 0 aliphatic rings. The van der Waals surface area contributed by atoms with E-state index >= 15 is 0 Å². The molecule has 0 spiro atoms. The van der Waals surface area contributed by atoms with Gasteiger partial charge in [0.25, 0.3) is 0 Å². The number of aromatic nitrogens is 4. The Hall–Kier alpha value is -3.88. The minimum atomic E-state index is -0.265. The van der Waals surface area contributed by atoms with Crippen LogP contribution in [0.25, 0.3) is 11.3 Å². The highest BCUT2D eigenvalue weighted by Gasteiger charge is 2.16. The Morgan fingerprint density at radius 2 is 2.00 bits per heavy atom. The number of rotatable bonds is 9. The summed E-state index contributed by atoms with van der Waals surface area (Å²) in [4.78, 5) is 25.2. The van der Waals surface area contributed by atoms with E-state index in [1.807, 2.05) is 44.2 Å². The van der Waals surface area contributed by atoms with Crippen molar-refractivity contribution in [2.45, 2.75) is 33.2 Å². The molecule has 1 aromatic carbocycles. The summed E-state index contributed by atoms with van der Waals surface area (Å²) >= 11 is 0. The molecule has 166 valence electrons. The first-order valence-corrected chi connectivity index (χ1v) is 10.5. The molecule has 0 saturated carbocycles. The fraction of sp³-hybridized carbons (Fsp3) is 0.304. The summed E-state index contributed by atoms with van der Waals surface area (Å²) in [5, 5.41) is 11.1. The third-order valence-corrected chi connectivity index (χ3v) is 5.07. The summed E-state index contributed by atoms with van der Waals surface area (Å²) in [6, 6.07) is 10.9. The summed E-state index contributed by atoms with van der Waals surface area (Å²) in [5.41, 5.74) is 0.692. The molecule has 32 heavy (non-hydrogen) atoms. The Morgan fingerprint density at radius 3 is 2.72 bits per heavy atom. The average Bonchev–Trinajstić information content (AvgIpc) is 3.44. The molecule has 1 amide bonds. The molecule has 4 rings (SSSR count). The van der Waals surface area contributed by atoms with Crippen LogP contribution in [0.5, 0.6) is 5.75 Å². The van der Waals surface area contributed by atoms with Crippen molar-refractivity contribution in [3.63, 3.8) is 0 Å². The van der Waals surface area contributed by atoms with Crippen molar-refractivity contribution in [1.29, 1.82) is 0 Å². The van der Waals surface area contributed by atoms with Crippen LogP contribution in [0.1, 0.15) is 31.9 Å². The third-order valence-electron chi connectivity index (χ3n) is 5.07. The highest BCUT2D eigenvalue weighted by molar-refractivity contribution is 5.76. The predicted molar refractivity (Wildman–Crippen MR) is 118 cm³/mol. The van der Waals surface area contributed by atoms with Gasteiger partial charge in [-0.15, -0.1) is 10.2 Å². The Bertz CT molecular complexity index is 1240. The van der Waals surface area contributed by atoms with E-state index in [1.165, 1.54) is 4.57 Å². The van der Waals surface area contributed by atoms with Crippen LogP contribution in [-0.2, 0) is 17.8 Å². The minimum Gasteiger partial charge on any atom is -0.494 e. The second kappa shape index (κ2) is 9.51. The van der Waals surface area contributed by atoms with Crippen LogP contribution in [0, 0.1) is 5.92 Å². The van der Waals surface area contributed by atoms with Gasteiger partial charge in [0.05, 0.1) is 19.4 Å². The van der Waals surface area contributed by atoms with Gasteiger partial charge < -0.3 is 14.5 Å². The monoisotopic (exact) mass is 435 g/mol. The summed E-state index contributed by atoms with van der Waals surface area (Å²) in [6.45, 7) is 4.83. The van der Waals surface area contributed by atoms with Crippen molar-refractivity contribution in [2.24, 2.45) is 5.92 Å². The number of ether oxygens (including phenoxy) is 1. The number of furan rings is 1. The topological polar surface area (TPSA) is 104 Å². The van der Waals surface area contributed by atoms with E-state index in [2.05, 4.69) is 15.5 Å². The first-order valence-electron chi connectivity index (χ1n) is 10.5. The van der Waals surface area contributed by atoms with E-state index in [-0.39, 0.29) is 23.0 Å². The smallest absolute Gasteiger partial charge is 0.300 e. The molecule has 1 atom stereocenters. The normalized spacial score (nSPS) is 12.1. The van der Waals surface area contributed by atoms with Crippen LogP contribution in [0.4, 0.5) is 0 Å². The van der Waals surface area contributed by atoms with Crippen molar-refractivity contribution in [1.82, 2.24) is 24.5 Å². The van der Waals surface area contributed by atoms with Crippen molar-refractivity contribution in [3.8, 4) is 11.4 Å². The van der Waals surface area contributed by atoms with Gasteiger partial charge in [-0.1, -0.05) is 6.92 Å². The lowest BCUT2D eigenvalue weighted by Crippen LogP contribution is -2.25. The number of fused-ring (bicyclic) bond motifs is 1. The lowest BCUT2D eigenvalue weighted by atomic mass is 10.0. The van der Waals surface area contributed by atoms with Gasteiger partial charge in [0.1, 0.15) is 17.3 Å². The quantitative estimate of drug-likeness (QED) is 0.434. The van der Waals surface area contributed by atoms with Gasteiger partial charge in [-0.25, -0.2) is 0 Å². The van der Waals surface area contributed by atoms with Crippen molar-refractivity contribution in [3.05, 3.63) is 77.0 Å². The first kappa shape index (κ1) is 21.4. The Balaban J connectivity index is 1.44. The first-order chi connectivity index (χ1) is 15.5. The predicted octanol–water partition coefficient (Wildman–Crippen LogP) is 2.76. The number of amides is 1. The summed E-state index contributed by atoms with van der Waals surface area (Å²) in [7, 11) is 0. The standard InChI is InChI=1S/C23H25N5O4/c1-3-31-18-8-6-17(7-9-18)27-10-11-28-20(25-26-22(28)23(27)30)13-16(2)14-21(29)24-15-19-5-4-12-32-19/h4-12,16H,3,13-15H2,1-2H3,(H,24,29)/t16-/m1/s1. The molecular formula is C23H25N5O4. The van der Waals surface area contributed by atoms with E-state index in [0.29, 0.717) is 43.3 Å². The van der Waals surface area contributed by atoms with Gasteiger partial charge in [0, 0.05) is 30.9 Å². The SMILES string of the molecule is CCOc1ccc(-n2ccn3c(C[C@@H](C)CC(=O)NCc4ccco4)nnc3c2=O)cc1. The maximum atomic E-state index is 12.9. The number of benzene rings is 1. The van der Waals surface area contributed by atoms with E-state index in [4.69, 9.17) is 9.15 Å². The number of hydrogen-bond acceptors (Lipinski definition) is 6. The van der Waals surface area contributed by atoms with Gasteiger partial charge in [-0.05, 0) is 49.2 Å². The van der Waals surface area contributed by atoms with Crippen LogP contribution >= 0.6 is 0 Å². The van der Waals surface area contributed by atoms with Crippen LogP contribution < -0.4 is 15.6 Å². The van der Waals surface area contributed by atoms with Crippen molar-refractivity contribution in [2.75, 3.05) is 6.61 Å². The molecule has 1 N–H and O–H groups in total. The van der Waals surface area contributed by atoms with Gasteiger partial charge in [0.2, 0.25) is 11.6 Å². The summed E-state index contributed by atoms with van der Waals surface area (Å²) in [5.74, 6) is 2.05. The van der Waals surface area contributed by atoms with Crippen LogP contribution in [0.2, 0.25) is 0 Å². The second-order valence-electron chi connectivity index (χ2n) is 7.58. The minimum absolute atomic E-state index is 0.0209. The van der Waals surface area contributed by atoms with E-state index < -0.39 is 0 Å². The lowest BCUT2D eigenvalue weighted by Gasteiger charge is -2.11. The highest BCUT2D eigenvalue weighted by atomic mass is 16.5. The number of hydrogen-bond donors (Lipinski definition) is 1. The summed E-state index contributed by atoms with van der Waals surface area (Å²) in [6.07, 6.45) is 5.88. The van der Waals surface area contributed by atoms with Gasteiger partial charge in [0.15, 0.2) is 0 Å². The van der Waals surface area contributed by atoms with Crippen LogP contribution in [0.15, 0.2) is 64.3 Å². The van der Waals surface area contributed by atoms with E-state index in [0.717, 1.165) is 5.75 Å². The largest absolute Gasteiger partial charge is 0.494 e. The molecule has 0 saturated heterocycles. The zero-order chi connectivity index (χ0) is 22.5. The van der Waals surface area contributed by atoms with Crippen molar-refractivity contribution < 1.29 is 13.9 Å². The Kier molecular flexibility index (Phi) is 6.34. The zero-order valence-corrected chi connectivity index (χ0v) is 18.0. The molecule has 3 aromatic heterocycles. The lowest BCUT2D eigenvalue weighted by molar-refractivity contribution is -0.122. The second-order valence-corrected chi connectivity index (χ2v) is 7.58. The Morgan fingerprint density at radius 1 is 1.19 bits per heavy atom. The van der Waals surface area contributed by atoms with Gasteiger partial charge in [-0.3, -0.25) is 18.6 Å². The van der Waals surface area contributed by atoms with E-state index in [1.54, 1.807) is 29.1 Å². The molecule has 9 nitrogen and oxygen atoms in total. The van der Waals surface area contributed by atoms with Gasteiger partial charge in [-0.2, -0.15) is 0 Å². The fourth-order valence-corrected chi connectivity index (χ4v) is 3.52. The average molecular weight is 435 g/mol. The number of nitrogens with one attached hydrogen (secondary N) is 1. The molecular weight excluding hydrogens is 410 g/mol. The third kappa shape index (κ3) is 4.72. The van der Waals surface area contributed by atoms with Crippen molar-refractivity contribution >= 4 is 11.6 Å². The zero-order valence-electron chi connectivity index (χ0n) is 18.0. The molecule has 0 bridgehead atoms. The number of carbonyl (C=O) groups is 1. The Labute approximate surface area is 184 Å².